The second-order valence-electron chi connectivity index (χ2n) is 3.91. The van der Waals surface area contributed by atoms with Crippen LogP contribution in [0.15, 0.2) is 30.9 Å². The van der Waals surface area contributed by atoms with Gasteiger partial charge in [-0.15, -0.1) is 6.58 Å². The van der Waals surface area contributed by atoms with Crippen molar-refractivity contribution in [2.24, 2.45) is 0 Å². The van der Waals surface area contributed by atoms with Crippen molar-refractivity contribution in [1.82, 2.24) is 0 Å². The van der Waals surface area contributed by atoms with Crippen LogP contribution >= 0.6 is 0 Å². The summed E-state index contributed by atoms with van der Waals surface area (Å²) in [5.41, 5.74) is 0.798. The van der Waals surface area contributed by atoms with Gasteiger partial charge in [0.1, 0.15) is 0 Å². The first kappa shape index (κ1) is 13.6. The molecule has 3 heteroatoms. The Morgan fingerprint density at radius 2 is 2.18 bits per heavy atom. The molecule has 0 radical (unpaired) electrons. The molecule has 0 atom stereocenters. The predicted molar refractivity (Wildman–Crippen MR) is 70.1 cm³/mol. The Balaban J connectivity index is 2.27. The number of hydrogen-bond acceptors (Lipinski definition) is 2. The molecule has 1 aromatic rings. The maximum Gasteiger partial charge on any atom is 0.167 e. The second-order valence-corrected chi connectivity index (χ2v) is 3.91. The molecule has 0 aromatic heterocycles. The Bertz CT molecular complexity index is 352. The summed E-state index contributed by atoms with van der Waals surface area (Å²) in [6.45, 7) is 4.55. The molecule has 0 saturated carbocycles. The number of methoxy groups -OCH3 is 1. The minimum absolute atomic E-state index is 0.279. The molecule has 2 nitrogen and oxygen atoms in total. The summed E-state index contributed by atoms with van der Waals surface area (Å²) in [4.78, 5) is 0. The topological polar surface area (TPSA) is 21.3 Å². The number of allylic oxidation sites excluding steroid dienone is 1. The van der Waals surface area contributed by atoms with Gasteiger partial charge in [-0.2, -0.15) is 0 Å². The molecule has 0 spiro atoms. The molecule has 0 aliphatic heterocycles. The van der Waals surface area contributed by atoms with Gasteiger partial charge in [0.15, 0.2) is 11.6 Å². The maximum absolute atomic E-state index is 13.4. The first-order valence-electron chi connectivity index (χ1n) is 5.96. The van der Waals surface area contributed by atoms with E-state index in [2.05, 4.69) is 11.9 Å². The zero-order valence-corrected chi connectivity index (χ0v) is 10.3. The minimum Gasteiger partial charge on any atom is -0.494 e. The van der Waals surface area contributed by atoms with Gasteiger partial charge in [0.05, 0.1) is 7.11 Å². The van der Waals surface area contributed by atoms with E-state index in [1.165, 1.54) is 19.6 Å². The van der Waals surface area contributed by atoms with Crippen molar-refractivity contribution in [3.8, 4) is 5.75 Å². The SMILES string of the molecule is C=CCCCCCNc1ccc(OC)c(F)c1. The number of ether oxygens (including phenoxy) is 1. The van der Waals surface area contributed by atoms with Gasteiger partial charge in [0.2, 0.25) is 0 Å². The fraction of sp³-hybridized carbons (Fsp3) is 0.429. The van der Waals surface area contributed by atoms with E-state index >= 15 is 0 Å². The molecule has 0 aliphatic rings. The molecule has 0 saturated heterocycles. The van der Waals surface area contributed by atoms with E-state index in [4.69, 9.17) is 4.74 Å². The van der Waals surface area contributed by atoms with Crippen molar-refractivity contribution < 1.29 is 9.13 Å². The van der Waals surface area contributed by atoms with Gasteiger partial charge in [-0.25, -0.2) is 4.39 Å². The van der Waals surface area contributed by atoms with Crippen LogP contribution in [-0.2, 0) is 0 Å². The Labute approximate surface area is 102 Å². The summed E-state index contributed by atoms with van der Waals surface area (Å²) in [6.07, 6.45) is 6.42. The van der Waals surface area contributed by atoms with Crippen LogP contribution in [0.3, 0.4) is 0 Å². The summed E-state index contributed by atoms with van der Waals surface area (Å²) in [6, 6.07) is 4.92. The van der Waals surface area contributed by atoms with Gasteiger partial charge in [0, 0.05) is 18.3 Å². The highest BCUT2D eigenvalue weighted by atomic mass is 19.1. The van der Waals surface area contributed by atoms with Gasteiger partial charge in [-0.05, 0) is 31.4 Å². The van der Waals surface area contributed by atoms with E-state index < -0.39 is 0 Å². The fourth-order valence-electron chi connectivity index (χ4n) is 1.60. The highest BCUT2D eigenvalue weighted by molar-refractivity contribution is 5.47. The van der Waals surface area contributed by atoms with E-state index in [1.807, 2.05) is 12.1 Å². The van der Waals surface area contributed by atoms with E-state index in [0.29, 0.717) is 0 Å². The molecular weight excluding hydrogens is 217 g/mol. The molecular formula is C14H20FNO. The lowest BCUT2D eigenvalue weighted by Gasteiger charge is -2.08. The summed E-state index contributed by atoms with van der Waals surface area (Å²) >= 11 is 0. The first-order chi connectivity index (χ1) is 8.27. The van der Waals surface area contributed by atoms with Crippen molar-refractivity contribution in [2.75, 3.05) is 19.0 Å². The molecule has 0 bridgehead atoms. The largest absolute Gasteiger partial charge is 0.494 e. The van der Waals surface area contributed by atoms with E-state index in [9.17, 15) is 4.39 Å². The number of anilines is 1. The lowest BCUT2D eigenvalue weighted by Crippen LogP contribution is -2.02. The lowest BCUT2D eigenvalue weighted by molar-refractivity contribution is 0.386. The van der Waals surface area contributed by atoms with Crippen LogP contribution in [0.2, 0.25) is 0 Å². The van der Waals surface area contributed by atoms with E-state index in [0.717, 1.165) is 31.5 Å². The standard InChI is InChI=1S/C14H20FNO/c1-3-4-5-6-7-10-16-12-8-9-14(17-2)13(15)11-12/h3,8-9,11,16H,1,4-7,10H2,2H3. The van der Waals surface area contributed by atoms with Crippen LogP contribution in [-0.4, -0.2) is 13.7 Å². The van der Waals surface area contributed by atoms with Crippen molar-refractivity contribution in [2.45, 2.75) is 25.7 Å². The Morgan fingerprint density at radius 3 is 2.82 bits per heavy atom. The van der Waals surface area contributed by atoms with E-state index in [-0.39, 0.29) is 11.6 Å². The number of nitrogens with one attached hydrogen (secondary N) is 1. The first-order valence-corrected chi connectivity index (χ1v) is 5.96. The number of unbranched alkanes of at least 4 members (excludes halogenated alkanes) is 3. The van der Waals surface area contributed by atoms with Crippen molar-refractivity contribution in [3.63, 3.8) is 0 Å². The maximum atomic E-state index is 13.4. The third-order valence-electron chi connectivity index (χ3n) is 2.57. The zero-order valence-electron chi connectivity index (χ0n) is 10.3. The third kappa shape index (κ3) is 4.89. The average molecular weight is 237 g/mol. The summed E-state index contributed by atoms with van der Waals surface area (Å²) < 4.78 is 18.2. The van der Waals surface area contributed by atoms with Gasteiger partial charge in [0.25, 0.3) is 0 Å². The Morgan fingerprint density at radius 1 is 1.35 bits per heavy atom. The lowest BCUT2D eigenvalue weighted by atomic mass is 10.2. The van der Waals surface area contributed by atoms with Crippen LogP contribution in [0.5, 0.6) is 5.75 Å². The van der Waals surface area contributed by atoms with E-state index in [1.54, 1.807) is 6.07 Å². The molecule has 0 unspecified atom stereocenters. The quantitative estimate of drug-likeness (QED) is 0.545. The monoisotopic (exact) mass is 237 g/mol. The normalized spacial score (nSPS) is 10.0. The van der Waals surface area contributed by atoms with Crippen molar-refractivity contribution in [3.05, 3.63) is 36.7 Å². The fourth-order valence-corrected chi connectivity index (χ4v) is 1.60. The minimum atomic E-state index is -0.329. The van der Waals surface area contributed by atoms with Gasteiger partial charge >= 0.3 is 0 Å². The summed E-state index contributed by atoms with van der Waals surface area (Å²) in [5.74, 6) is -0.0503. The molecule has 1 aromatic carbocycles. The third-order valence-corrected chi connectivity index (χ3v) is 2.57. The van der Waals surface area contributed by atoms with Crippen LogP contribution in [0, 0.1) is 5.82 Å². The number of hydrogen-bond donors (Lipinski definition) is 1. The van der Waals surface area contributed by atoms with Gasteiger partial charge < -0.3 is 10.1 Å². The van der Waals surface area contributed by atoms with Crippen LogP contribution < -0.4 is 10.1 Å². The van der Waals surface area contributed by atoms with Crippen LogP contribution in [0.1, 0.15) is 25.7 Å². The molecule has 94 valence electrons. The Kier molecular flexibility index (Phi) is 6.15. The summed E-state index contributed by atoms with van der Waals surface area (Å²) in [5, 5.41) is 3.19. The molecule has 1 N–H and O–H groups in total. The Hall–Kier alpha value is -1.51. The molecule has 17 heavy (non-hydrogen) atoms. The second kappa shape index (κ2) is 7.71. The highest BCUT2D eigenvalue weighted by Crippen LogP contribution is 2.20. The average Bonchev–Trinajstić information content (AvgIpc) is 2.34. The van der Waals surface area contributed by atoms with Crippen LogP contribution in [0.25, 0.3) is 0 Å². The predicted octanol–water partition coefficient (Wildman–Crippen LogP) is 3.99. The highest BCUT2D eigenvalue weighted by Gasteiger charge is 2.02. The molecule has 0 heterocycles. The molecule has 1 rings (SSSR count). The van der Waals surface area contributed by atoms with Crippen LogP contribution in [0.4, 0.5) is 10.1 Å². The van der Waals surface area contributed by atoms with Crippen molar-refractivity contribution in [1.29, 1.82) is 0 Å². The number of halogens is 1. The smallest absolute Gasteiger partial charge is 0.167 e. The van der Waals surface area contributed by atoms with Gasteiger partial charge in [-0.3, -0.25) is 0 Å². The summed E-state index contributed by atoms with van der Waals surface area (Å²) in [7, 11) is 1.46. The molecule has 0 fully saturated rings. The molecule has 0 amide bonds. The number of benzene rings is 1. The van der Waals surface area contributed by atoms with Crippen molar-refractivity contribution >= 4 is 5.69 Å². The zero-order chi connectivity index (χ0) is 12.5. The number of rotatable bonds is 8. The molecule has 0 aliphatic carbocycles. The van der Waals surface area contributed by atoms with Gasteiger partial charge in [-0.1, -0.05) is 12.5 Å².